The van der Waals surface area contributed by atoms with E-state index in [9.17, 15) is 0 Å². The number of benzene rings is 2. The van der Waals surface area contributed by atoms with E-state index in [1.807, 2.05) is 19.1 Å². The van der Waals surface area contributed by atoms with Crippen molar-refractivity contribution in [1.82, 2.24) is 19.9 Å². The summed E-state index contributed by atoms with van der Waals surface area (Å²) in [5.74, 6) is 1.74. The van der Waals surface area contributed by atoms with Gasteiger partial charge in [0.05, 0.1) is 24.6 Å². The molecule has 42 heavy (non-hydrogen) atoms. The minimum Gasteiger partial charge on any atom is -0.493 e. The number of methoxy groups -OCH3 is 1. The Morgan fingerprint density at radius 3 is 2.36 bits per heavy atom. The van der Waals surface area contributed by atoms with E-state index >= 15 is 4.39 Å². The molecule has 0 bridgehead atoms. The second-order valence-corrected chi connectivity index (χ2v) is 11.6. The van der Waals surface area contributed by atoms with Crippen LogP contribution in [0.5, 0.6) is 23.1 Å². The van der Waals surface area contributed by atoms with Gasteiger partial charge in [-0.15, -0.1) is 0 Å². The number of H-pyrrole nitrogens is 1. The highest BCUT2D eigenvalue weighted by Crippen LogP contribution is 2.43. The van der Waals surface area contributed by atoms with Gasteiger partial charge in [-0.1, -0.05) is 12.8 Å². The van der Waals surface area contributed by atoms with Crippen molar-refractivity contribution in [2.45, 2.75) is 76.4 Å². The summed E-state index contributed by atoms with van der Waals surface area (Å²) in [6, 6.07) is 11.2. The van der Waals surface area contributed by atoms with E-state index in [4.69, 9.17) is 24.1 Å². The molecule has 10 heteroatoms. The summed E-state index contributed by atoms with van der Waals surface area (Å²) in [7, 11) is 1.62. The van der Waals surface area contributed by atoms with Gasteiger partial charge in [0.2, 0.25) is 5.88 Å². The molecule has 0 amide bonds. The van der Waals surface area contributed by atoms with E-state index in [-0.39, 0.29) is 18.1 Å². The molecule has 0 atom stereocenters. The molecule has 4 aromatic rings. The lowest BCUT2D eigenvalue weighted by Crippen LogP contribution is -2.58. The Bertz CT molecular complexity index is 1550. The quantitative estimate of drug-likeness (QED) is 0.214. The van der Waals surface area contributed by atoms with E-state index in [0.717, 1.165) is 29.3 Å². The Labute approximate surface area is 244 Å². The SMILES string of the molecule is COc1cc2c(Oc3ccc4[nH]c(C)cc4c3F)ncnc2cc1OC[C@H]1C[C@H](N(C2CCC2)C2CCC2)C1.O=CO. The first-order chi connectivity index (χ1) is 20.5. The fraction of sp³-hybridized carbons (Fsp3) is 0.469. The van der Waals surface area contributed by atoms with Gasteiger partial charge in [0.15, 0.2) is 23.1 Å². The van der Waals surface area contributed by atoms with Crippen molar-refractivity contribution in [3.05, 3.63) is 48.2 Å². The lowest BCUT2D eigenvalue weighted by Gasteiger charge is -2.54. The Balaban J connectivity index is 0.00000101. The Morgan fingerprint density at radius 2 is 1.71 bits per heavy atom. The molecule has 0 spiro atoms. The number of hydrogen-bond acceptors (Lipinski definition) is 7. The third kappa shape index (κ3) is 5.47. The standard InChI is InChI=1S/C31H35FN4O3.CH2O2/c1-18-11-23-25(35-18)9-10-27(30(23)32)39-31-24-14-28(37-2)29(15-26(24)33-17-34-31)38-16-19-12-22(13-19)36(20-5-3-6-20)21-7-4-8-21;2-1-3/h9-11,14-15,17,19-22,35H,3-8,12-13,16H2,1-2H3;1H,(H,2,3)/t19-,22-;. The minimum atomic E-state index is -0.428. The molecule has 3 fully saturated rings. The maximum absolute atomic E-state index is 15.2. The zero-order valence-corrected chi connectivity index (χ0v) is 24.0. The molecule has 3 saturated carbocycles. The van der Waals surface area contributed by atoms with Gasteiger partial charge in [0.25, 0.3) is 6.47 Å². The van der Waals surface area contributed by atoms with Crippen molar-refractivity contribution >= 4 is 28.3 Å². The van der Waals surface area contributed by atoms with Crippen LogP contribution >= 0.6 is 0 Å². The van der Waals surface area contributed by atoms with Crippen LogP contribution in [0.25, 0.3) is 21.8 Å². The number of aryl methyl sites for hydroxylation is 1. The van der Waals surface area contributed by atoms with Crippen molar-refractivity contribution in [2.24, 2.45) is 5.92 Å². The van der Waals surface area contributed by atoms with E-state index in [2.05, 4.69) is 19.9 Å². The molecule has 222 valence electrons. The highest BCUT2D eigenvalue weighted by Gasteiger charge is 2.43. The molecule has 0 unspecified atom stereocenters. The van der Waals surface area contributed by atoms with Crippen molar-refractivity contribution in [3.63, 3.8) is 0 Å². The van der Waals surface area contributed by atoms with E-state index < -0.39 is 5.82 Å². The largest absolute Gasteiger partial charge is 0.493 e. The fourth-order valence-electron chi connectivity index (χ4n) is 6.42. The number of carbonyl (C=O) groups is 1. The minimum absolute atomic E-state index is 0.109. The van der Waals surface area contributed by atoms with Gasteiger partial charge in [-0.3, -0.25) is 9.69 Å². The molecule has 0 aliphatic heterocycles. The second-order valence-electron chi connectivity index (χ2n) is 11.6. The summed E-state index contributed by atoms with van der Waals surface area (Å²) in [5.41, 5.74) is 2.27. The summed E-state index contributed by atoms with van der Waals surface area (Å²) >= 11 is 0. The van der Waals surface area contributed by atoms with Crippen LogP contribution in [0, 0.1) is 18.7 Å². The number of fused-ring (bicyclic) bond motifs is 2. The number of nitrogens with zero attached hydrogens (tertiary/aromatic N) is 3. The molecular weight excluding hydrogens is 539 g/mol. The van der Waals surface area contributed by atoms with Crippen LogP contribution in [0.15, 0.2) is 36.7 Å². The molecule has 2 heterocycles. The number of nitrogens with one attached hydrogen (secondary N) is 1. The summed E-state index contributed by atoms with van der Waals surface area (Å²) in [6.07, 6.45) is 12.1. The fourth-order valence-corrected chi connectivity index (χ4v) is 6.42. The summed E-state index contributed by atoms with van der Waals surface area (Å²) in [5, 5.41) is 8.00. The topological polar surface area (TPSA) is 110 Å². The molecule has 9 nitrogen and oxygen atoms in total. The number of ether oxygens (including phenoxy) is 3. The summed E-state index contributed by atoms with van der Waals surface area (Å²) < 4.78 is 33.1. The molecule has 2 aromatic carbocycles. The van der Waals surface area contributed by atoms with Gasteiger partial charge < -0.3 is 24.3 Å². The smallest absolute Gasteiger partial charge is 0.290 e. The van der Waals surface area contributed by atoms with Crippen molar-refractivity contribution in [1.29, 1.82) is 0 Å². The van der Waals surface area contributed by atoms with Crippen LogP contribution in [0.4, 0.5) is 4.39 Å². The average molecular weight is 577 g/mol. The summed E-state index contributed by atoms with van der Waals surface area (Å²) in [4.78, 5) is 23.1. The molecule has 7 rings (SSSR count). The molecule has 2 aromatic heterocycles. The Morgan fingerprint density at radius 1 is 1.00 bits per heavy atom. The first kappa shape index (κ1) is 28.2. The van der Waals surface area contributed by atoms with Gasteiger partial charge in [-0.2, -0.15) is 0 Å². The van der Waals surface area contributed by atoms with Crippen molar-refractivity contribution in [3.8, 4) is 23.1 Å². The third-order valence-corrected chi connectivity index (χ3v) is 9.03. The van der Waals surface area contributed by atoms with E-state index in [1.165, 1.54) is 57.7 Å². The lowest BCUT2D eigenvalue weighted by molar-refractivity contribution is -0.122. The van der Waals surface area contributed by atoms with Gasteiger partial charge in [0, 0.05) is 40.8 Å². The highest BCUT2D eigenvalue weighted by atomic mass is 19.1. The summed E-state index contributed by atoms with van der Waals surface area (Å²) in [6.45, 7) is 2.31. The molecular formula is C32H37FN4O5. The molecule has 0 saturated heterocycles. The number of hydrogen-bond donors (Lipinski definition) is 2. The molecule has 0 radical (unpaired) electrons. The van der Waals surface area contributed by atoms with Crippen LogP contribution in [0.3, 0.4) is 0 Å². The number of aromatic nitrogens is 3. The Kier molecular flexibility index (Phi) is 8.15. The second kappa shape index (κ2) is 12.1. The highest BCUT2D eigenvalue weighted by molar-refractivity contribution is 5.87. The lowest BCUT2D eigenvalue weighted by atomic mass is 9.74. The number of rotatable bonds is 9. The van der Waals surface area contributed by atoms with Crippen molar-refractivity contribution in [2.75, 3.05) is 13.7 Å². The Hall–Kier alpha value is -3.92. The first-order valence-electron chi connectivity index (χ1n) is 14.8. The van der Waals surface area contributed by atoms with Gasteiger partial charge in [-0.25, -0.2) is 14.4 Å². The normalized spacial score (nSPS) is 20.3. The third-order valence-electron chi connectivity index (χ3n) is 9.03. The predicted molar refractivity (Wildman–Crippen MR) is 157 cm³/mol. The molecule has 3 aliphatic rings. The monoisotopic (exact) mass is 576 g/mol. The zero-order chi connectivity index (χ0) is 29.2. The van der Waals surface area contributed by atoms with Crippen LogP contribution < -0.4 is 14.2 Å². The van der Waals surface area contributed by atoms with Crippen LogP contribution in [-0.4, -0.2) is 63.3 Å². The first-order valence-corrected chi connectivity index (χ1v) is 14.8. The van der Waals surface area contributed by atoms with Gasteiger partial charge in [0.1, 0.15) is 6.33 Å². The predicted octanol–water partition coefficient (Wildman–Crippen LogP) is 6.62. The van der Waals surface area contributed by atoms with Crippen molar-refractivity contribution < 1.29 is 28.5 Å². The van der Waals surface area contributed by atoms with Crippen LogP contribution in [0.2, 0.25) is 0 Å². The molecule has 2 N–H and O–H groups in total. The van der Waals surface area contributed by atoms with Crippen LogP contribution in [0.1, 0.15) is 57.1 Å². The maximum atomic E-state index is 15.2. The van der Waals surface area contributed by atoms with Gasteiger partial charge in [-0.05, 0) is 75.6 Å². The number of halogens is 1. The van der Waals surface area contributed by atoms with Gasteiger partial charge >= 0.3 is 0 Å². The van der Waals surface area contributed by atoms with Crippen LogP contribution in [-0.2, 0) is 4.79 Å². The maximum Gasteiger partial charge on any atom is 0.290 e. The number of aromatic amines is 1. The zero-order valence-electron chi connectivity index (χ0n) is 24.0. The molecule has 3 aliphatic carbocycles. The number of carboxylic acid groups (broad SMARTS) is 1. The average Bonchev–Trinajstić information content (AvgIpc) is 3.28. The van der Waals surface area contributed by atoms with E-state index in [1.54, 1.807) is 25.3 Å². The van der Waals surface area contributed by atoms with E-state index in [0.29, 0.717) is 40.3 Å².